The van der Waals surface area contributed by atoms with Crippen molar-refractivity contribution in [1.82, 2.24) is 15.5 Å². The molecular weight excluding hydrogens is 399 g/mol. The number of benzene rings is 1. The van der Waals surface area contributed by atoms with Crippen molar-refractivity contribution < 1.29 is 18.4 Å². The summed E-state index contributed by atoms with van der Waals surface area (Å²) < 4.78 is 18.8. The predicted octanol–water partition coefficient (Wildman–Crippen LogP) is 2.56. The normalized spacial score (nSPS) is 15.7. The summed E-state index contributed by atoms with van der Waals surface area (Å²) in [7, 11) is 0. The number of carbonyl (C=O) groups excluding carboxylic acids is 2. The van der Waals surface area contributed by atoms with Crippen LogP contribution in [0.3, 0.4) is 0 Å². The van der Waals surface area contributed by atoms with E-state index in [2.05, 4.69) is 34.3 Å². The van der Waals surface area contributed by atoms with Gasteiger partial charge >= 0.3 is 11.8 Å². The van der Waals surface area contributed by atoms with Gasteiger partial charge in [0.25, 0.3) is 0 Å². The minimum absolute atomic E-state index is 0.169. The minimum Gasteiger partial charge on any atom is -0.468 e. The van der Waals surface area contributed by atoms with Crippen molar-refractivity contribution in [2.75, 3.05) is 44.2 Å². The Morgan fingerprint density at radius 2 is 1.71 bits per heavy atom. The summed E-state index contributed by atoms with van der Waals surface area (Å²) in [6.07, 6.45) is 2.43. The number of hydrogen-bond donors (Lipinski definition) is 2. The highest BCUT2D eigenvalue weighted by atomic mass is 19.1. The van der Waals surface area contributed by atoms with E-state index in [4.69, 9.17) is 4.42 Å². The van der Waals surface area contributed by atoms with E-state index in [0.717, 1.165) is 44.0 Å². The smallest absolute Gasteiger partial charge is 0.309 e. The maximum absolute atomic E-state index is 13.2. The third-order valence-electron chi connectivity index (χ3n) is 5.49. The first kappa shape index (κ1) is 22.8. The van der Waals surface area contributed by atoms with Gasteiger partial charge in [0.05, 0.1) is 12.3 Å². The van der Waals surface area contributed by atoms with Crippen LogP contribution in [0.15, 0.2) is 47.1 Å². The predicted molar refractivity (Wildman–Crippen MR) is 117 cm³/mol. The van der Waals surface area contributed by atoms with Crippen LogP contribution in [0.4, 0.5) is 10.1 Å². The van der Waals surface area contributed by atoms with Gasteiger partial charge in [-0.3, -0.25) is 14.5 Å². The van der Waals surface area contributed by atoms with Crippen LogP contribution in [-0.4, -0.2) is 56.0 Å². The Morgan fingerprint density at radius 1 is 1.03 bits per heavy atom. The van der Waals surface area contributed by atoms with Crippen LogP contribution in [0.5, 0.6) is 0 Å². The summed E-state index contributed by atoms with van der Waals surface area (Å²) >= 11 is 0. The van der Waals surface area contributed by atoms with Crippen molar-refractivity contribution in [3.8, 4) is 0 Å². The first-order chi connectivity index (χ1) is 14.9. The van der Waals surface area contributed by atoms with Crippen molar-refractivity contribution >= 4 is 17.5 Å². The lowest BCUT2D eigenvalue weighted by Crippen LogP contribution is -2.50. The van der Waals surface area contributed by atoms with Crippen molar-refractivity contribution in [3.05, 3.63) is 54.2 Å². The maximum atomic E-state index is 13.2. The summed E-state index contributed by atoms with van der Waals surface area (Å²) in [6, 6.07) is 10.0. The zero-order chi connectivity index (χ0) is 22.2. The molecule has 0 radical (unpaired) electrons. The molecule has 1 aromatic carbocycles. The Hall–Kier alpha value is -2.87. The SMILES string of the molecule is CC(C)CCNC(=O)C(=O)NCC(c1ccco1)N1CCN(c2ccc(F)cc2)CC1. The number of furan rings is 1. The van der Waals surface area contributed by atoms with E-state index in [1.165, 1.54) is 12.1 Å². The van der Waals surface area contributed by atoms with Crippen molar-refractivity contribution in [1.29, 1.82) is 0 Å². The molecule has 1 unspecified atom stereocenters. The number of nitrogens with one attached hydrogen (secondary N) is 2. The van der Waals surface area contributed by atoms with Crippen molar-refractivity contribution in [2.24, 2.45) is 5.92 Å². The molecule has 1 saturated heterocycles. The molecule has 168 valence electrons. The van der Waals surface area contributed by atoms with E-state index >= 15 is 0 Å². The fourth-order valence-corrected chi connectivity index (χ4v) is 3.66. The topological polar surface area (TPSA) is 77.8 Å². The first-order valence-corrected chi connectivity index (χ1v) is 10.8. The summed E-state index contributed by atoms with van der Waals surface area (Å²) in [6.45, 7) is 7.93. The molecule has 2 aromatic rings. The van der Waals surface area contributed by atoms with Crippen LogP contribution < -0.4 is 15.5 Å². The van der Waals surface area contributed by atoms with Crippen LogP contribution in [-0.2, 0) is 9.59 Å². The highest BCUT2D eigenvalue weighted by molar-refractivity contribution is 6.35. The highest BCUT2D eigenvalue weighted by Crippen LogP contribution is 2.24. The summed E-state index contributed by atoms with van der Waals surface area (Å²) in [5, 5.41) is 5.41. The first-order valence-electron chi connectivity index (χ1n) is 10.8. The zero-order valence-electron chi connectivity index (χ0n) is 18.1. The molecule has 1 atom stereocenters. The standard InChI is InChI=1S/C23H31FN4O3/c1-17(2)9-10-25-22(29)23(30)26-16-20(21-4-3-15-31-21)28-13-11-27(12-14-28)19-7-5-18(24)6-8-19/h3-8,15,17,20H,9-14,16H2,1-2H3,(H,25,29)(H,26,30). The van der Waals surface area contributed by atoms with Gasteiger partial charge in [-0.05, 0) is 48.7 Å². The van der Waals surface area contributed by atoms with E-state index < -0.39 is 11.8 Å². The average Bonchev–Trinajstić information content (AvgIpc) is 3.29. The Kier molecular flexibility index (Phi) is 8.06. The Morgan fingerprint density at radius 3 is 2.32 bits per heavy atom. The molecule has 1 aliphatic heterocycles. The molecule has 2 N–H and O–H groups in total. The number of nitrogens with zero attached hydrogens (tertiary/aromatic N) is 2. The number of halogens is 1. The molecule has 1 aromatic heterocycles. The quantitative estimate of drug-likeness (QED) is 0.630. The molecule has 3 rings (SSSR count). The molecule has 7 nitrogen and oxygen atoms in total. The fraction of sp³-hybridized carbons (Fsp3) is 0.478. The fourth-order valence-electron chi connectivity index (χ4n) is 3.66. The molecule has 0 aliphatic carbocycles. The van der Waals surface area contributed by atoms with E-state index in [9.17, 15) is 14.0 Å². The number of carbonyl (C=O) groups is 2. The lowest BCUT2D eigenvalue weighted by Gasteiger charge is -2.39. The van der Waals surface area contributed by atoms with Gasteiger partial charge in [-0.25, -0.2) is 4.39 Å². The minimum atomic E-state index is -0.634. The van der Waals surface area contributed by atoms with Gasteiger partial charge < -0.3 is 20.0 Å². The number of piperazine rings is 1. The van der Waals surface area contributed by atoms with E-state index in [0.29, 0.717) is 12.5 Å². The van der Waals surface area contributed by atoms with Gasteiger partial charge in [0.15, 0.2) is 0 Å². The summed E-state index contributed by atoms with van der Waals surface area (Å²) in [4.78, 5) is 28.7. The van der Waals surface area contributed by atoms with Gasteiger partial charge in [-0.1, -0.05) is 13.8 Å². The second-order valence-corrected chi connectivity index (χ2v) is 8.18. The lowest BCUT2D eigenvalue weighted by atomic mass is 10.1. The van der Waals surface area contributed by atoms with Crippen LogP contribution >= 0.6 is 0 Å². The van der Waals surface area contributed by atoms with Gasteiger partial charge in [0.1, 0.15) is 11.6 Å². The second kappa shape index (κ2) is 10.9. The summed E-state index contributed by atoms with van der Waals surface area (Å²) in [5.41, 5.74) is 0.988. The van der Waals surface area contributed by atoms with Crippen LogP contribution in [0.1, 0.15) is 32.1 Å². The number of amides is 2. The monoisotopic (exact) mass is 430 g/mol. The van der Waals surface area contributed by atoms with Gasteiger partial charge in [0, 0.05) is 45.0 Å². The van der Waals surface area contributed by atoms with E-state index in [1.54, 1.807) is 18.4 Å². The van der Waals surface area contributed by atoms with Crippen molar-refractivity contribution in [2.45, 2.75) is 26.3 Å². The molecule has 1 fully saturated rings. The largest absolute Gasteiger partial charge is 0.468 e. The lowest BCUT2D eigenvalue weighted by molar-refractivity contribution is -0.139. The Bertz CT molecular complexity index is 831. The molecule has 0 spiro atoms. The second-order valence-electron chi connectivity index (χ2n) is 8.18. The number of rotatable bonds is 8. The van der Waals surface area contributed by atoms with Gasteiger partial charge in [-0.2, -0.15) is 0 Å². The molecule has 0 bridgehead atoms. The molecular formula is C23H31FN4O3. The number of hydrogen-bond acceptors (Lipinski definition) is 5. The van der Waals surface area contributed by atoms with Crippen LogP contribution in [0.2, 0.25) is 0 Å². The molecule has 1 aliphatic rings. The average molecular weight is 431 g/mol. The Balaban J connectivity index is 1.55. The molecule has 31 heavy (non-hydrogen) atoms. The van der Waals surface area contributed by atoms with Crippen LogP contribution in [0.25, 0.3) is 0 Å². The third-order valence-corrected chi connectivity index (χ3v) is 5.49. The maximum Gasteiger partial charge on any atom is 0.309 e. The Labute approximate surface area is 182 Å². The summed E-state index contributed by atoms with van der Waals surface area (Å²) in [5.74, 6) is -0.287. The van der Waals surface area contributed by atoms with Gasteiger partial charge in [0.2, 0.25) is 0 Å². The van der Waals surface area contributed by atoms with E-state index in [-0.39, 0.29) is 18.4 Å². The molecule has 2 heterocycles. The molecule has 2 amide bonds. The number of anilines is 1. The third kappa shape index (κ3) is 6.55. The highest BCUT2D eigenvalue weighted by Gasteiger charge is 2.28. The molecule has 8 heteroatoms. The molecule has 0 saturated carbocycles. The van der Waals surface area contributed by atoms with Gasteiger partial charge in [-0.15, -0.1) is 0 Å². The zero-order valence-corrected chi connectivity index (χ0v) is 18.1. The van der Waals surface area contributed by atoms with E-state index in [1.807, 2.05) is 12.1 Å². The van der Waals surface area contributed by atoms with Crippen LogP contribution in [0, 0.1) is 11.7 Å². The van der Waals surface area contributed by atoms with Crippen molar-refractivity contribution in [3.63, 3.8) is 0 Å².